The van der Waals surface area contributed by atoms with Gasteiger partial charge in [0.05, 0.1) is 36.9 Å². The average Bonchev–Trinajstić information content (AvgIpc) is 2.81. The monoisotopic (exact) mass is 336 g/mol. The Morgan fingerprint density at radius 3 is 2.64 bits per heavy atom. The Labute approximate surface area is 148 Å². The van der Waals surface area contributed by atoms with Crippen molar-refractivity contribution in [1.29, 1.82) is 0 Å². The molecule has 0 radical (unpaired) electrons. The number of aromatic nitrogens is 3. The minimum Gasteiger partial charge on any atom is -0.548 e. The first-order chi connectivity index (χ1) is 9.70. The zero-order valence-electron chi connectivity index (χ0n) is 12.4. The molecule has 9 nitrogen and oxygen atoms in total. The van der Waals surface area contributed by atoms with Crippen LogP contribution in [0.15, 0.2) is 6.20 Å². The molecule has 2 aliphatic heterocycles. The van der Waals surface area contributed by atoms with E-state index in [0.717, 1.165) is 4.90 Å². The van der Waals surface area contributed by atoms with Crippen LogP contribution in [-0.2, 0) is 26.0 Å². The number of carbonyl (C=O) groups excluding carboxylic acids is 2. The Morgan fingerprint density at radius 2 is 2.18 bits per heavy atom. The third-order valence-electron chi connectivity index (χ3n) is 4.31. The number of fused-ring (bicyclic) bond motifs is 1. The van der Waals surface area contributed by atoms with Gasteiger partial charge >= 0.3 is 29.6 Å². The fraction of sp³-hybridized carbons (Fsp3) is 0.636. The van der Waals surface area contributed by atoms with Crippen LogP contribution in [0.1, 0.15) is 19.0 Å². The molecule has 0 aromatic carbocycles. The topological polar surface area (TPSA) is 125 Å². The predicted octanol–water partition coefficient (Wildman–Crippen LogP) is -5.55. The van der Waals surface area contributed by atoms with Crippen LogP contribution in [-0.4, -0.2) is 56.4 Å². The van der Waals surface area contributed by atoms with Crippen molar-refractivity contribution in [2.24, 2.45) is 0 Å². The number of nitrogens with zero attached hydrogens (tertiary/aromatic N) is 4. The van der Waals surface area contributed by atoms with Crippen molar-refractivity contribution in [3.8, 4) is 0 Å². The standard InChI is InChI=1S/C11H14N4O5S.Na/c1-6-4-12-13-14(6)5-11(2)9(10(17)18)15-7(16)3-8(15)21(11,19)20;/h4,8-9H,3,5H2,1-2H3,(H,17,18);/q;+1/p-1/t8-,9-,11-;/m0./s1. The fourth-order valence-corrected chi connectivity index (χ4v) is 5.38. The summed E-state index contributed by atoms with van der Waals surface area (Å²) in [6.07, 6.45) is 1.26. The van der Waals surface area contributed by atoms with E-state index in [4.69, 9.17) is 0 Å². The average molecular weight is 336 g/mol. The van der Waals surface area contributed by atoms with Crippen LogP contribution >= 0.6 is 0 Å². The van der Waals surface area contributed by atoms with E-state index in [0.29, 0.717) is 5.69 Å². The van der Waals surface area contributed by atoms with Gasteiger partial charge in [-0.15, -0.1) is 5.10 Å². The number of carboxylic acids is 1. The molecule has 3 atom stereocenters. The molecule has 2 aliphatic rings. The number of amides is 1. The molecular formula is C11H13N4NaO5S. The number of β-lactam (4-membered cyclic amide) rings is 1. The van der Waals surface area contributed by atoms with E-state index < -0.39 is 37.9 Å². The second-order valence-electron chi connectivity index (χ2n) is 5.57. The summed E-state index contributed by atoms with van der Waals surface area (Å²) >= 11 is 0. The summed E-state index contributed by atoms with van der Waals surface area (Å²) in [4.78, 5) is 23.9. The van der Waals surface area contributed by atoms with Crippen molar-refractivity contribution >= 4 is 21.7 Å². The Bertz CT molecular complexity index is 747. The second-order valence-corrected chi connectivity index (χ2v) is 8.14. The molecule has 0 spiro atoms. The number of sulfone groups is 1. The van der Waals surface area contributed by atoms with E-state index in [2.05, 4.69) is 10.3 Å². The van der Waals surface area contributed by atoms with Gasteiger partial charge in [-0.1, -0.05) is 5.21 Å². The first-order valence-corrected chi connectivity index (χ1v) is 7.85. The third kappa shape index (κ3) is 2.04. The van der Waals surface area contributed by atoms with Gasteiger partial charge in [0.2, 0.25) is 5.91 Å². The summed E-state index contributed by atoms with van der Waals surface area (Å²) in [6.45, 7) is 2.80. The number of hydrogen-bond acceptors (Lipinski definition) is 7. The molecule has 11 heteroatoms. The number of carboxylic acid groups (broad SMARTS) is 1. The Kier molecular flexibility index (Phi) is 4.18. The maximum atomic E-state index is 12.6. The minimum atomic E-state index is -3.85. The second kappa shape index (κ2) is 5.29. The first-order valence-electron chi connectivity index (χ1n) is 6.30. The number of rotatable bonds is 3. The van der Waals surface area contributed by atoms with E-state index in [9.17, 15) is 23.1 Å². The number of hydrogen-bond donors (Lipinski definition) is 0. The van der Waals surface area contributed by atoms with Gasteiger partial charge in [-0.05, 0) is 13.8 Å². The Hall–Kier alpha value is -0.970. The molecule has 1 amide bonds. The zero-order valence-corrected chi connectivity index (χ0v) is 15.2. The summed E-state index contributed by atoms with van der Waals surface area (Å²) < 4.78 is 24.9. The normalized spacial score (nSPS) is 32.1. The molecule has 2 fully saturated rings. The molecule has 0 aliphatic carbocycles. The van der Waals surface area contributed by atoms with Crippen molar-refractivity contribution in [3.05, 3.63) is 11.9 Å². The molecular weight excluding hydrogens is 323 g/mol. The Morgan fingerprint density at radius 1 is 1.55 bits per heavy atom. The summed E-state index contributed by atoms with van der Waals surface area (Å²) in [7, 11) is -3.85. The molecule has 3 rings (SSSR count). The van der Waals surface area contributed by atoms with E-state index in [1.807, 2.05) is 0 Å². The molecule has 0 bridgehead atoms. The number of aryl methyl sites for hydroxylation is 1. The van der Waals surface area contributed by atoms with Gasteiger partial charge in [0.25, 0.3) is 0 Å². The van der Waals surface area contributed by atoms with Gasteiger partial charge < -0.3 is 14.8 Å². The number of carbonyl (C=O) groups is 2. The fourth-order valence-electron chi connectivity index (χ4n) is 3.03. The number of aliphatic carboxylic acids is 1. The van der Waals surface area contributed by atoms with E-state index in [1.165, 1.54) is 17.8 Å². The van der Waals surface area contributed by atoms with E-state index in [-0.39, 0.29) is 42.5 Å². The van der Waals surface area contributed by atoms with Crippen LogP contribution in [0.2, 0.25) is 0 Å². The SMILES string of the molecule is Cc1cnnn1C[C@@]1(C)[C@H](C(=O)[O-])N2C(=O)C[C@@H]2S1(=O)=O.[Na+]. The summed E-state index contributed by atoms with van der Waals surface area (Å²) in [5, 5.41) is 17.8. The molecule has 1 aromatic rings. The van der Waals surface area contributed by atoms with Gasteiger partial charge in [0.15, 0.2) is 9.84 Å². The van der Waals surface area contributed by atoms with Crippen molar-refractivity contribution in [1.82, 2.24) is 19.9 Å². The molecule has 0 unspecified atom stereocenters. The van der Waals surface area contributed by atoms with Crippen LogP contribution < -0.4 is 34.7 Å². The molecule has 0 N–H and O–H groups in total. The first kappa shape index (κ1) is 17.4. The van der Waals surface area contributed by atoms with Crippen molar-refractivity contribution in [2.45, 2.75) is 43.0 Å². The third-order valence-corrected chi connectivity index (χ3v) is 7.07. The quantitative estimate of drug-likeness (QED) is 0.398. The van der Waals surface area contributed by atoms with Crippen molar-refractivity contribution in [2.75, 3.05) is 0 Å². The molecule has 1 aromatic heterocycles. The van der Waals surface area contributed by atoms with Crippen molar-refractivity contribution < 1.29 is 52.7 Å². The van der Waals surface area contributed by atoms with Crippen LogP contribution in [0, 0.1) is 6.92 Å². The van der Waals surface area contributed by atoms with Gasteiger partial charge in [-0.25, -0.2) is 13.1 Å². The predicted molar refractivity (Wildman–Crippen MR) is 66.1 cm³/mol. The van der Waals surface area contributed by atoms with Gasteiger partial charge in [0.1, 0.15) is 10.1 Å². The Balaban J connectivity index is 0.00000176. The van der Waals surface area contributed by atoms with Gasteiger partial charge in [0, 0.05) is 0 Å². The van der Waals surface area contributed by atoms with Crippen LogP contribution in [0.4, 0.5) is 0 Å². The largest absolute Gasteiger partial charge is 1.00 e. The summed E-state index contributed by atoms with van der Waals surface area (Å²) in [6, 6.07) is -1.52. The maximum absolute atomic E-state index is 12.6. The molecule has 3 heterocycles. The zero-order chi connectivity index (χ0) is 15.6. The van der Waals surface area contributed by atoms with Crippen LogP contribution in [0.3, 0.4) is 0 Å². The summed E-state index contributed by atoms with van der Waals surface area (Å²) in [5.74, 6) is -2.06. The van der Waals surface area contributed by atoms with Crippen molar-refractivity contribution in [3.63, 3.8) is 0 Å². The summed E-state index contributed by atoms with van der Waals surface area (Å²) in [5.41, 5.74) is 0.601. The smallest absolute Gasteiger partial charge is 0.548 e. The molecule has 2 saturated heterocycles. The maximum Gasteiger partial charge on any atom is 1.00 e. The van der Waals surface area contributed by atoms with Gasteiger partial charge in [-0.2, -0.15) is 0 Å². The molecule has 114 valence electrons. The van der Waals surface area contributed by atoms with E-state index >= 15 is 0 Å². The van der Waals surface area contributed by atoms with Crippen LogP contribution in [0.25, 0.3) is 0 Å². The van der Waals surface area contributed by atoms with Crippen LogP contribution in [0.5, 0.6) is 0 Å². The molecule has 0 saturated carbocycles. The minimum absolute atomic E-state index is 0. The van der Waals surface area contributed by atoms with Gasteiger partial charge in [-0.3, -0.25) is 4.79 Å². The molecule has 22 heavy (non-hydrogen) atoms. The van der Waals surface area contributed by atoms with E-state index in [1.54, 1.807) is 6.92 Å².